The molecule has 1 aromatic rings. The molecule has 1 N–H and O–H groups in total. The number of ether oxygens (including phenoxy) is 1. The van der Waals surface area contributed by atoms with Crippen molar-refractivity contribution in [1.82, 2.24) is 15.1 Å². The first-order chi connectivity index (χ1) is 12.7. The van der Waals surface area contributed by atoms with E-state index < -0.39 is 0 Å². The summed E-state index contributed by atoms with van der Waals surface area (Å²) in [5, 5.41) is 3.11. The lowest BCUT2D eigenvalue weighted by Gasteiger charge is -2.33. The third-order valence-electron chi connectivity index (χ3n) is 5.84. The van der Waals surface area contributed by atoms with Gasteiger partial charge in [-0.2, -0.15) is 0 Å². The molecule has 0 aromatic heterocycles. The molecule has 0 saturated carbocycles. The van der Waals surface area contributed by atoms with E-state index in [9.17, 15) is 4.79 Å². The van der Waals surface area contributed by atoms with Crippen LogP contribution in [-0.4, -0.2) is 61.8 Å². The maximum absolute atomic E-state index is 12.3. The van der Waals surface area contributed by atoms with Gasteiger partial charge in [0.2, 0.25) is 0 Å². The van der Waals surface area contributed by atoms with Crippen molar-refractivity contribution in [2.45, 2.75) is 44.7 Å². The van der Waals surface area contributed by atoms with Gasteiger partial charge >= 0.3 is 6.03 Å². The fourth-order valence-corrected chi connectivity index (χ4v) is 4.02. The molecule has 0 atom stereocenters. The maximum atomic E-state index is 12.3. The van der Waals surface area contributed by atoms with Crippen LogP contribution in [0.2, 0.25) is 0 Å². The number of nitrogens with zero attached hydrogens (tertiary/aromatic N) is 2. The second-order valence-corrected chi connectivity index (χ2v) is 7.68. The van der Waals surface area contributed by atoms with Crippen LogP contribution in [0, 0.1) is 5.92 Å². The van der Waals surface area contributed by atoms with E-state index in [1.54, 1.807) is 0 Å². The SMILES string of the molecule is CN(C(=O)NCCC1CCN(Cc2ccccc2)CC1)C1CCOCC1. The van der Waals surface area contributed by atoms with E-state index in [1.807, 2.05) is 11.9 Å². The van der Waals surface area contributed by atoms with E-state index in [0.717, 1.165) is 64.6 Å². The van der Waals surface area contributed by atoms with Gasteiger partial charge in [-0.1, -0.05) is 30.3 Å². The summed E-state index contributed by atoms with van der Waals surface area (Å²) in [5.74, 6) is 0.732. The summed E-state index contributed by atoms with van der Waals surface area (Å²) in [6, 6.07) is 11.1. The second-order valence-electron chi connectivity index (χ2n) is 7.68. The zero-order valence-electron chi connectivity index (χ0n) is 16.0. The molecule has 0 radical (unpaired) electrons. The summed E-state index contributed by atoms with van der Waals surface area (Å²) in [4.78, 5) is 16.7. The molecule has 1 aromatic carbocycles. The first-order valence-corrected chi connectivity index (χ1v) is 10.1. The van der Waals surface area contributed by atoms with Crippen LogP contribution < -0.4 is 5.32 Å². The number of urea groups is 1. The molecular formula is C21H33N3O2. The lowest BCUT2D eigenvalue weighted by Crippen LogP contribution is -2.46. The van der Waals surface area contributed by atoms with Gasteiger partial charge in [0.15, 0.2) is 0 Å². The fourth-order valence-electron chi connectivity index (χ4n) is 4.02. The summed E-state index contributed by atoms with van der Waals surface area (Å²) in [7, 11) is 1.91. The highest BCUT2D eigenvalue weighted by atomic mass is 16.5. The van der Waals surface area contributed by atoms with Gasteiger partial charge in [-0.25, -0.2) is 4.79 Å². The summed E-state index contributed by atoms with van der Waals surface area (Å²) >= 11 is 0. The average Bonchev–Trinajstić information content (AvgIpc) is 2.70. The Morgan fingerprint density at radius 1 is 1.15 bits per heavy atom. The number of benzene rings is 1. The van der Waals surface area contributed by atoms with Crippen molar-refractivity contribution in [2.24, 2.45) is 5.92 Å². The molecule has 2 heterocycles. The van der Waals surface area contributed by atoms with Crippen molar-refractivity contribution in [1.29, 1.82) is 0 Å². The Balaban J connectivity index is 1.30. The molecule has 0 spiro atoms. The minimum Gasteiger partial charge on any atom is -0.381 e. The third-order valence-corrected chi connectivity index (χ3v) is 5.84. The zero-order chi connectivity index (χ0) is 18.2. The number of carbonyl (C=O) groups is 1. The normalized spacial score (nSPS) is 20.0. The van der Waals surface area contributed by atoms with E-state index in [4.69, 9.17) is 4.74 Å². The molecule has 2 aliphatic heterocycles. The van der Waals surface area contributed by atoms with Crippen LogP contribution in [0.15, 0.2) is 30.3 Å². The predicted octanol–water partition coefficient (Wildman–Crippen LogP) is 3.11. The molecule has 5 nitrogen and oxygen atoms in total. The van der Waals surface area contributed by atoms with Crippen LogP contribution in [0.3, 0.4) is 0 Å². The molecule has 5 heteroatoms. The molecule has 0 bridgehead atoms. The number of amides is 2. The summed E-state index contributed by atoms with van der Waals surface area (Å²) in [5.41, 5.74) is 1.40. The number of hydrogen-bond donors (Lipinski definition) is 1. The Morgan fingerprint density at radius 2 is 1.85 bits per heavy atom. The van der Waals surface area contributed by atoms with E-state index >= 15 is 0 Å². The van der Waals surface area contributed by atoms with E-state index in [1.165, 1.54) is 18.4 Å². The van der Waals surface area contributed by atoms with Gasteiger partial charge in [-0.15, -0.1) is 0 Å². The van der Waals surface area contributed by atoms with E-state index in [2.05, 4.69) is 40.5 Å². The van der Waals surface area contributed by atoms with Crippen molar-refractivity contribution in [3.63, 3.8) is 0 Å². The minimum absolute atomic E-state index is 0.0680. The highest BCUT2D eigenvalue weighted by Crippen LogP contribution is 2.21. The smallest absolute Gasteiger partial charge is 0.317 e. The van der Waals surface area contributed by atoms with Gasteiger partial charge in [0.1, 0.15) is 0 Å². The van der Waals surface area contributed by atoms with Crippen LogP contribution in [-0.2, 0) is 11.3 Å². The molecule has 2 fully saturated rings. The largest absolute Gasteiger partial charge is 0.381 e. The van der Waals surface area contributed by atoms with Crippen molar-refractivity contribution in [3.05, 3.63) is 35.9 Å². The van der Waals surface area contributed by atoms with Crippen LogP contribution in [0.25, 0.3) is 0 Å². The molecule has 2 saturated heterocycles. The lowest BCUT2D eigenvalue weighted by atomic mass is 9.93. The van der Waals surface area contributed by atoms with Gasteiger partial charge in [0.25, 0.3) is 0 Å². The Hall–Kier alpha value is -1.59. The molecular weight excluding hydrogens is 326 g/mol. The Bertz CT molecular complexity index is 537. The highest BCUT2D eigenvalue weighted by molar-refractivity contribution is 5.74. The molecule has 26 heavy (non-hydrogen) atoms. The zero-order valence-corrected chi connectivity index (χ0v) is 16.0. The number of hydrogen-bond acceptors (Lipinski definition) is 3. The molecule has 0 unspecified atom stereocenters. The van der Waals surface area contributed by atoms with Crippen molar-refractivity contribution < 1.29 is 9.53 Å². The molecule has 2 aliphatic rings. The monoisotopic (exact) mass is 359 g/mol. The van der Waals surface area contributed by atoms with Crippen LogP contribution in [0.1, 0.15) is 37.7 Å². The lowest BCUT2D eigenvalue weighted by molar-refractivity contribution is 0.0525. The Labute approximate surface area is 157 Å². The average molecular weight is 360 g/mol. The van der Waals surface area contributed by atoms with E-state index in [0.29, 0.717) is 6.04 Å². The number of nitrogens with one attached hydrogen (secondary N) is 1. The standard InChI is InChI=1S/C21H33N3O2/c1-23(20-10-15-26-16-11-20)21(25)22-12-7-18-8-13-24(14-9-18)17-19-5-3-2-4-6-19/h2-6,18,20H,7-17H2,1H3,(H,22,25). The highest BCUT2D eigenvalue weighted by Gasteiger charge is 2.23. The van der Waals surface area contributed by atoms with Crippen molar-refractivity contribution in [3.8, 4) is 0 Å². The predicted molar refractivity (Wildman–Crippen MR) is 104 cm³/mol. The molecule has 2 amide bonds. The van der Waals surface area contributed by atoms with Crippen LogP contribution in [0.5, 0.6) is 0 Å². The summed E-state index contributed by atoms with van der Waals surface area (Å²) in [6.07, 6.45) is 5.46. The van der Waals surface area contributed by atoms with Crippen LogP contribution >= 0.6 is 0 Å². The molecule has 3 rings (SSSR count). The number of carbonyl (C=O) groups excluding carboxylic acids is 1. The van der Waals surface area contributed by atoms with Gasteiger partial charge in [-0.3, -0.25) is 4.90 Å². The second kappa shape index (κ2) is 9.93. The maximum Gasteiger partial charge on any atom is 0.317 e. The van der Waals surface area contributed by atoms with Gasteiger partial charge in [-0.05, 0) is 56.7 Å². The quantitative estimate of drug-likeness (QED) is 0.849. The van der Waals surface area contributed by atoms with E-state index in [-0.39, 0.29) is 6.03 Å². The Morgan fingerprint density at radius 3 is 2.54 bits per heavy atom. The first kappa shape index (κ1) is 19.2. The van der Waals surface area contributed by atoms with Gasteiger partial charge < -0.3 is 15.0 Å². The molecule has 0 aliphatic carbocycles. The minimum atomic E-state index is 0.0680. The van der Waals surface area contributed by atoms with Gasteiger partial charge in [0, 0.05) is 39.4 Å². The van der Waals surface area contributed by atoms with Crippen molar-refractivity contribution >= 4 is 6.03 Å². The first-order valence-electron chi connectivity index (χ1n) is 10.1. The van der Waals surface area contributed by atoms with Gasteiger partial charge in [0.05, 0.1) is 0 Å². The third kappa shape index (κ3) is 5.71. The van der Waals surface area contributed by atoms with Crippen molar-refractivity contribution in [2.75, 3.05) is 39.9 Å². The number of rotatable bonds is 6. The Kier molecular flexibility index (Phi) is 7.32. The van der Waals surface area contributed by atoms with Crippen LogP contribution in [0.4, 0.5) is 4.79 Å². The summed E-state index contributed by atoms with van der Waals surface area (Å²) in [6.45, 7) is 5.70. The topological polar surface area (TPSA) is 44.8 Å². The number of likely N-dealkylation sites (tertiary alicyclic amines) is 1. The fraction of sp³-hybridized carbons (Fsp3) is 0.667. The summed E-state index contributed by atoms with van der Waals surface area (Å²) < 4.78 is 5.37. The molecule has 144 valence electrons. The number of piperidine rings is 1.